The third kappa shape index (κ3) is 3.58. The molecule has 1 amide bonds. The van der Waals surface area contributed by atoms with Crippen LogP contribution in [-0.4, -0.2) is 49.5 Å². The number of nitrogens with two attached hydrogens (primary N) is 2. The lowest BCUT2D eigenvalue weighted by Gasteiger charge is -2.35. The van der Waals surface area contributed by atoms with Crippen molar-refractivity contribution in [1.82, 2.24) is 24.5 Å². The lowest BCUT2D eigenvalue weighted by Crippen LogP contribution is -2.47. The number of nitrogens with zero attached hydrogens (tertiary/aromatic N) is 5. The van der Waals surface area contributed by atoms with Crippen molar-refractivity contribution in [3.8, 4) is 22.5 Å². The van der Waals surface area contributed by atoms with Crippen LogP contribution in [0.4, 0.5) is 5.69 Å². The topological polar surface area (TPSA) is 115 Å². The Hall–Kier alpha value is -3.78. The number of hydrogen-bond donors (Lipinski definition) is 2. The predicted octanol–water partition coefficient (Wildman–Crippen LogP) is 2.99. The number of piperidine rings is 1. The monoisotopic (exact) mass is 427 g/mol. The van der Waals surface area contributed by atoms with Gasteiger partial charge in [-0.25, -0.2) is 9.50 Å². The molecule has 0 radical (unpaired) electrons. The third-order valence-corrected chi connectivity index (χ3v) is 6.04. The van der Waals surface area contributed by atoms with Crippen molar-refractivity contribution < 1.29 is 4.79 Å². The summed E-state index contributed by atoms with van der Waals surface area (Å²) in [5.41, 5.74) is 16.8. The molecule has 0 unspecified atom stereocenters. The highest BCUT2D eigenvalue weighted by atomic mass is 16.2. The van der Waals surface area contributed by atoms with E-state index < -0.39 is 0 Å². The number of fused-ring (bicyclic) bond motifs is 1. The van der Waals surface area contributed by atoms with E-state index in [9.17, 15) is 4.79 Å². The van der Waals surface area contributed by atoms with Gasteiger partial charge in [-0.3, -0.25) is 9.78 Å². The summed E-state index contributed by atoms with van der Waals surface area (Å²) in [6.45, 7) is 1.14. The minimum absolute atomic E-state index is 0.0411. The van der Waals surface area contributed by atoms with Crippen LogP contribution >= 0.6 is 0 Å². The number of aromatic nitrogens is 4. The van der Waals surface area contributed by atoms with Gasteiger partial charge in [0.05, 0.1) is 40.6 Å². The molecule has 1 aliphatic rings. The number of hydrogen-bond acceptors (Lipinski definition) is 6. The van der Waals surface area contributed by atoms with Gasteiger partial charge < -0.3 is 16.4 Å². The number of likely N-dealkylation sites (tertiary alicyclic amines) is 1. The zero-order valence-electron chi connectivity index (χ0n) is 17.7. The van der Waals surface area contributed by atoms with Crippen molar-refractivity contribution in [2.24, 2.45) is 5.73 Å². The van der Waals surface area contributed by atoms with Crippen molar-refractivity contribution in [3.63, 3.8) is 0 Å². The SMILES string of the molecule is NC[C@H]1CCCCN1C(=O)c1cc(-c2cnn3ccc(-c4ccccc4)nc23)ncc1N. The summed E-state index contributed by atoms with van der Waals surface area (Å²) < 4.78 is 1.70. The van der Waals surface area contributed by atoms with E-state index in [1.165, 1.54) is 6.20 Å². The van der Waals surface area contributed by atoms with Crippen LogP contribution in [-0.2, 0) is 0 Å². The third-order valence-electron chi connectivity index (χ3n) is 6.04. The molecule has 4 N–H and O–H groups in total. The second kappa shape index (κ2) is 8.39. The van der Waals surface area contributed by atoms with E-state index in [0.717, 1.165) is 36.1 Å². The van der Waals surface area contributed by atoms with Gasteiger partial charge in [-0.05, 0) is 31.4 Å². The Kier molecular flexibility index (Phi) is 5.28. The molecule has 1 aliphatic heterocycles. The summed E-state index contributed by atoms with van der Waals surface area (Å²) >= 11 is 0. The predicted molar refractivity (Wildman–Crippen MR) is 124 cm³/mol. The van der Waals surface area contributed by atoms with E-state index in [-0.39, 0.29) is 11.9 Å². The molecule has 0 spiro atoms. The molecule has 8 heteroatoms. The second-order valence-corrected chi connectivity index (χ2v) is 8.05. The molecule has 8 nitrogen and oxygen atoms in total. The number of benzene rings is 1. The zero-order valence-corrected chi connectivity index (χ0v) is 17.7. The van der Waals surface area contributed by atoms with E-state index in [2.05, 4.69) is 10.1 Å². The smallest absolute Gasteiger partial charge is 0.256 e. The number of carbonyl (C=O) groups is 1. The summed E-state index contributed by atoms with van der Waals surface area (Å²) in [4.78, 5) is 24.5. The molecule has 1 fully saturated rings. The van der Waals surface area contributed by atoms with Crippen LogP contribution < -0.4 is 11.5 Å². The molecule has 3 aromatic heterocycles. The molecule has 4 aromatic rings. The average Bonchev–Trinajstić information content (AvgIpc) is 3.28. The lowest BCUT2D eigenvalue weighted by molar-refractivity contribution is 0.0624. The minimum Gasteiger partial charge on any atom is -0.397 e. The van der Waals surface area contributed by atoms with Crippen LogP contribution in [0.5, 0.6) is 0 Å². The van der Waals surface area contributed by atoms with Crippen LogP contribution in [0.15, 0.2) is 61.1 Å². The maximum atomic E-state index is 13.3. The van der Waals surface area contributed by atoms with Gasteiger partial charge in [0.1, 0.15) is 0 Å². The fourth-order valence-electron chi connectivity index (χ4n) is 4.29. The molecule has 0 aliphatic carbocycles. The highest BCUT2D eigenvalue weighted by molar-refractivity contribution is 6.00. The first-order valence-electron chi connectivity index (χ1n) is 10.8. The van der Waals surface area contributed by atoms with Crippen molar-refractivity contribution in [2.45, 2.75) is 25.3 Å². The Labute approximate surface area is 185 Å². The molecule has 0 bridgehead atoms. The first-order valence-corrected chi connectivity index (χ1v) is 10.8. The summed E-state index contributed by atoms with van der Waals surface area (Å²) in [6.07, 6.45) is 8.10. The number of amides is 1. The zero-order chi connectivity index (χ0) is 22.1. The fraction of sp³-hybridized carbons (Fsp3) is 0.250. The fourth-order valence-corrected chi connectivity index (χ4v) is 4.29. The molecule has 1 aromatic carbocycles. The van der Waals surface area contributed by atoms with E-state index >= 15 is 0 Å². The molecule has 162 valence electrons. The van der Waals surface area contributed by atoms with Gasteiger partial charge in [-0.1, -0.05) is 30.3 Å². The van der Waals surface area contributed by atoms with E-state index in [4.69, 9.17) is 16.5 Å². The molecular formula is C24H25N7O. The number of rotatable bonds is 4. The molecule has 5 rings (SSSR count). The van der Waals surface area contributed by atoms with Crippen molar-refractivity contribution in [3.05, 3.63) is 66.6 Å². The van der Waals surface area contributed by atoms with Crippen molar-refractivity contribution in [2.75, 3.05) is 18.8 Å². The highest BCUT2D eigenvalue weighted by Gasteiger charge is 2.28. The van der Waals surface area contributed by atoms with Gasteiger partial charge in [0.2, 0.25) is 0 Å². The summed E-state index contributed by atoms with van der Waals surface area (Å²) in [6, 6.07) is 13.7. The lowest BCUT2D eigenvalue weighted by atomic mass is 10.00. The first-order chi connectivity index (χ1) is 15.7. The first kappa shape index (κ1) is 20.1. The summed E-state index contributed by atoms with van der Waals surface area (Å²) in [7, 11) is 0. The number of carbonyl (C=O) groups excluding carboxylic acids is 1. The Morgan fingerprint density at radius 2 is 1.94 bits per heavy atom. The van der Waals surface area contributed by atoms with Crippen LogP contribution in [0.1, 0.15) is 29.6 Å². The van der Waals surface area contributed by atoms with Gasteiger partial charge in [-0.2, -0.15) is 5.10 Å². The normalized spacial score (nSPS) is 16.4. The van der Waals surface area contributed by atoms with Gasteiger partial charge in [0.25, 0.3) is 5.91 Å². The highest BCUT2D eigenvalue weighted by Crippen LogP contribution is 2.28. The Morgan fingerprint density at radius 1 is 1.09 bits per heavy atom. The molecule has 0 saturated carbocycles. The van der Waals surface area contributed by atoms with Crippen LogP contribution in [0.2, 0.25) is 0 Å². The van der Waals surface area contributed by atoms with E-state index in [1.807, 2.05) is 47.5 Å². The van der Waals surface area contributed by atoms with E-state index in [0.29, 0.717) is 35.7 Å². The maximum absolute atomic E-state index is 13.3. The van der Waals surface area contributed by atoms with Crippen molar-refractivity contribution in [1.29, 1.82) is 0 Å². The minimum atomic E-state index is -0.101. The van der Waals surface area contributed by atoms with Gasteiger partial charge in [-0.15, -0.1) is 0 Å². The molecule has 1 atom stereocenters. The summed E-state index contributed by atoms with van der Waals surface area (Å²) in [5, 5.41) is 4.41. The number of anilines is 1. The Morgan fingerprint density at radius 3 is 2.75 bits per heavy atom. The Balaban J connectivity index is 1.55. The maximum Gasteiger partial charge on any atom is 0.256 e. The van der Waals surface area contributed by atoms with Crippen LogP contribution in [0.25, 0.3) is 28.2 Å². The van der Waals surface area contributed by atoms with Crippen LogP contribution in [0.3, 0.4) is 0 Å². The van der Waals surface area contributed by atoms with Crippen LogP contribution in [0, 0.1) is 0 Å². The molecule has 1 saturated heterocycles. The van der Waals surface area contributed by atoms with E-state index in [1.54, 1.807) is 16.8 Å². The molecule has 32 heavy (non-hydrogen) atoms. The van der Waals surface area contributed by atoms with Crippen molar-refractivity contribution >= 4 is 17.2 Å². The number of nitrogen functional groups attached to an aromatic ring is 1. The largest absolute Gasteiger partial charge is 0.397 e. The molecule has 4 heterocycles. The molecular weight excluding hydrogens is 402 g/mol. The van der Waals surface area contributed by atoms with Gasteiger partial charge in [0.15, 0.2) is 5.65 Å². The summed E-state index contributed by atoms with van der Waals surface area (Å²) in [5.74, 6) is -0.101. The quantitative estimate of drug-likeness (QED) is 0.517. The van der Waals surface area contributed by atoms with Gasteiger partial charge >= 0.3 is 0 Å². The van der Waals surface area contributed by atoms with Gasteiger partial charge in [0, 0.05) is 30.9 Å². The average molecular weight is 428 g/mol. The Bertz CT molecular complexity index is 1270. The standard InChI is InChI=1S/C24H25N7O/c25-13-17-8-4-5-10-30(17)24(32)18-12-22(27-15-20(18)26)19-14-28-31-11-9-21(29-23(19)31)16-6-2-1-3-7-16/h1-3,6-7,9,11-12,14-15,17H,4-5,8,10,13,25-26H2/t17-/m1/s1. The second-order valence-electron chi connectivity index (χ2n) is 8.05. The number of pyridine rings is 1.